The highest BCUT2D eigenvalue weighted by molar-refractivity contribution is 5.96. The van der Waals surface area contributed by atoms with E-state index >= 15 is 0 Å². The van der Waals surface area contributed by atoms with Crippen molar-refractivity contribution in [1.29, 1.82) is 0 Å². The third kappa shape index (κ3) is 7.92. The molecule has 2 heterocycles. The van der Waals surface area contributed by atoms with Gasteiger partial charge in [0.15, 0.2) is 0 Å². The predicted octanol–water partition coefficient (Wildman–Crippen LogP) is 0.120. The second-order valence-electron chi connectivity index (χ2n) is 10.1. The summed E-state index contributed by atoms with van der Waals surface area (Å²) in [5.74, 6) is -4.09. The molecule has 0 saturated carbocycles. The average molecular weight is 563 g/mol. The minimum atomic E-state index is -1.45. The number of benzene rings is 2. The van der Waals surface area contributed by atoms with Crippen molar-refractivity contribution >= 4 is 40.5 Å². The van der Waals surface area contributed by atoms with Crippen LogP contribution in [0.25, 0.3) is 10.9 Å². The minimum Gasteiger partial charge on any atom is -0.480 e. The van der Waals surface area contributed by atoms with Crippen molar-refractivity contribution in [2.45, 2.75) is 56.3 Å². The number of nitrogens with one attached hydrogen (secondary N) is 5. The molecule has 1 saturated heterocycles. The highest BCUT2D eigenvalue weighted by Crippen LogP contribution is 2.19. The molecule has 1 fully saturated rings. The summed E-state index contributed by atoms with van der Waals surface area (Å²) in [7, 11) is 0. The van der Waals surface area contributed by atoms with Crippen LogP contribution in [0.3, 0.4) is 0 Å². The molecule has 0 bridgehead atoms. The number of fused-ring (bicyclic) bond motifs is 1. The number of H-pyrrole nitrogens is 1. The van der Waals surface area contributed by atoms with E-state index in [9.17, 15) is 29.1 Å². The number of amides is 4. The quantitative estimate of drug-likeness (QED) is 0.154. The zero-order chi connectivity index (χ0) is 29.4. The van der Waals surface area contributed by atoms with Crippen molar-refractivity contribution < 1.29 is 29.1 Å². The summed E-state index contributed by atoms with van der Waals surface area (Å²) in [6, 6.07) is 11.9. The molecule has 1 aliphatic heterocycles. The molecule has 41 heavy (non-hydrogen) atoms. The molecule has 216 valence electrons. The maximum absolute atomic E-state index is 13.6. The van der Waals surface area contributed by atoms with Gasteiger partial charge in [-0.1, -0.05) is 48.5 Å². The van der Waals surface area contributed by atoms with E-state index in [1.54, 1.807) is 36.5 Å². The Kier molecular flexibility index (Phi) is 9.69. The van der Waals surface area contributed by atoms with Crippen molar-refractivity contribution in [3.63, 3.8) is 0 Å². The summed E-state index contributed by atoms with van der Waals surface area (Å²) in [6.07, 6.45) is 2.73. The summed E-state index contributed by atoms with van der Waals surface area (Å²) in [6.45, 7) is 0.686. The summed E-state index contributed by atoms with van der Waals surface area (Å²) in [5, 5.41) is 21.4. The number of hydrogen-bond acceptors (Lipinski definition) is 6. The molecule has 1 aliphatic rings. The highest BCUT2D eigenvalue weighted by Gasteiger charge is 2.32. The average Bonchev–Trinajstić information content (AvgIpc) is 3.63. The van der Waals surface area contributed by atoms with E-state index in [2.05, 4.69) is 26.3 Å². The number of aliphatic carboxylic acids is 1. The Hall–Kier alpha value is -4.71. The number of carbonyl (C=O) groups excluding carboxylic acids is 4. The molecular formula is C29H34N6O6. The van der Waals surface area contributed by atoms with Gasteiger partial charge in [0, 0.05) is 29.9 Å². The number of nitrogens with two attached hydrogens (primary N) is 1. The van der Waals surface area contributed by atoms with Crippen LogP contribution in [0, 0.1) is 0 Å². The number of aromatic nitrogens is 1. The van der Waals surface area contributed by atoms with Crippen LogP contribution in [0.5, 0.6) is 0 Å². The predicted molar refractivity (Wildman–Crippen MR) is 150 cm³/mol. The summed E-state index contributed by atoms with van der Waals surface area (Å²) >= 11 is 0. The summed E-state index contributed by atoms with van der Waals surface area (Å²) < 4.78 is 0. The fourth-order valence-corrected chi connectivity index (χ4v) is 4.92. The number of rotatable bonds is 13. The number of carbonyl (C=O) groups is 5. The van der Waals surface area contributed by atoms with Crippen LogP contribution in [0.1, 0.15) is 30.4 Å². The first-order valence-electron chi connectivity index (χ1n) is 13.5. The van der Waals surface area contributed by atoms with Crippen molar-refractivity contribution in [3.05, 3.63) is 71.9 Å². The second-order valence-corrected chi connectivity index (χ2v) is 10.1. The van der Waals surface area contributed by atoms with E-state index in [1.807, 2.05) is 24.3 Å². The van der Waals surface area contributed by atoms with Crippen LogP contribution in [-0.4, -0.2) is 70.4 Å². The van der Waals surface area contributed by atoms with Crippen LogP contribution < -0.4 is 27.0 Å². The van der Waals surface area contributed by atoms with Crippen LogP contribution in [-0.2, 0) is 36.8 Å². The number of carboxylic acids is 1. The first-order chi connectivity index (χ1) is 19.7. The Balaban J connectivity index is 1.52. The molecule has 12 nitrogen and oxygen atoms in total. The molecule has 2 aromatic carbocycles. The van der Waals surface area contributed by atoms with Gasteiger partial charge in [-0.25, -0.2) is 4.79 Å². The van der Waals surface area contributed by atoms with Gasteiger partial charge in [-0.2, -0.15) is 0 Å². The third-order valence-electron chi connectivity index (χ3n) is 7.04. The van der Waals surface area contributed by atoms with Gasteiger partial charge in [0.2, 0.25) is 23.6 Å². The molecule has 0 spiro atoms. The Morgan fingerprint density at radius 3 is 2.24 bits per heavy atom. The highest BCUT2D eigenvalue weighted by atomic mass is 16.4. The molecule has 4 atom stereocenters. The van der Waals surface area contributed by atoms with Gasteiger partial charge in [-0.3, -0.25) is 19.2 Å². The zero-order valence-corrected chi connectivity index (χ0v) is 22.4. The van der Waals surface area contributed by atoms with Gasteiger partial charge >= 0.3 is 5.97 Å². The van der Waals surface area contributed by atoms with Gasteiger partial charge in [0.1, 0.15) is 18.1 Å². The molecule has 1 aromatic heterocycles. The molecule has 4 rings (SSSR count). The van der Waals surface area contributed by atoms with E-state index in [4.69, 9.17) is 5.73 Å². The molecule has 0 radical (unpaired) electrons. The molecule has 4 amide bonds. The van der Waals surface area contributed by atoms with E-state index in [1.165, 1.54) is 0 Å². The number of carboxylic acid groups (broad SMARTS) is 1. The first kappa shape index (κ1) is 29.3. The minimum absolute atomic E-state index is 0.00716. The second kappa shape index (κ2) is 13.6. The van der Waals surface area contributed by atoms with E-state index in [0.29, 0.717) is 18.5 Å². The van der Waals surface area contributed by atoms with Crippen LogP contribution in [0.15, 0.2) is 60.8 Å². The lowest BCUT2D eigenvalue weighted by molar-refractivity contribution is -0.142. The standard InChI is InChI=1S/C29H34N6O6/c30-25(36)15-23(28(39)35-24(29(40)41)13-17-7-2-1-3-8-17)34-27(38)22(33-26(37)21-11-6-12-31-21)14-18-16-32-20-10-5-4-9-19(18)20/h1-5,7-10,16,21-24,31-32H,6,11-15H2,(H2,30,36)(H,33,37)(H,34,38)(H,35,39)(H,40,41). The maximum Gasteiger partial charge on any atom is 0.326 e. The molecule has 3 aromatic rings. The fraction of sp³-hybridized carbons (Fsp3) is 0.345. The van der Waals surface area contributed by atoms with Gasteiger partial charge < -0.3 is 37.1 Å². The molecule has 0 aliphatic carbocycles. The lowest BCUT2D eigenvalue weighted by atomic mass is 10.0. The van der Waals surface area contributed by atoms with Gasteiger partial charge in [0.05, 0.1) is 12.5 Å². The fourth-order valence-electron chi connectivity index (χ4n) is 4.92. The van der Waals surface area contributed by atoms with Gasteiger partial charge in [-0.05, 0) is 36.6 Å². The molecule has 4 unspecified atom stereocenters. The number of primary amides is 1. The Bertz CT molecular complexity index is 1400. The molecule has 12 heteroatoms. The van der Waals surface area contributed by atoms with Gasteiger partial charge in [-0.15, -0.1) is 0 Å². The summed E-state index contributed by atoms with van der Waals surface area (Å²) in [5.41, 5.74) is 7.67. The third-order valence-corrected chi connectivity index (χ3v) is 7.04. The SMILES string of the molecule is NC(=O)CC(NC(=O)C(Cc1c[nH]c2ccccc12)NC(=O)C1CCCN1)C(=O)NC(Cc1ccccc1)C(=O)O. The lowest BCUT2D eigenvalue weighted by Crippen LogP contribution is -2.58. The number of aromatic amines is 1. The normalized spacial score (nSPS) is 16.8. The smallest absolute Gasteiger partial charge is 0.326 e. The molecular weight excluding hydrogens is 528 g/mol. The topological polar surface area (TPSA) is 196 Å². The largest absolute Gasteiger partial charge is 0.480 e. The number of para-hydroxylation sites is 1. The van der Waals surface area contributed by atoms with E-state index < -0.39 is 54.3 Å². The van der Waals surface area contributed by atoms with Crippen molar-refractivity contribution in [2.75, 3.05) is 6.54 Å². The first-order valence-corrected chi connectivity index (χ1v) is 13.5. The monoisotopic (exact) mass is 562 g/mol. The van der Waals surface area contributed by atoms with Crippen LogP contribution in [0.4, 0.5) is 0 Å². The van der Waals surface area contributed by atoms with Crippen LogP contribution in [0.2, 0.25) is 0 Å². The van der Waals surface area contributed by atoms with Crippen molar-refractivity contribution in [3.8, 4) is 0 Å². The number of hydrogen-bond donors (Lipinski definition) is 7. The molecule has 8 N–H and O–H groups in total. The summed E-state index contributed by atoms with van der Waals surface area (Å²) in [4.78, 5) is 66.5. The zero-order valence-electron chi connectivity index (χ0n) is 22.4. The van der Waals surface area contributed by atoms with E-state index in [0.717, 1.165) is 22.9 Å². The Morgan fingerprint density at radius 2 is 1.56 bits per heavy atom. The maximum atomic E-state index is 13.6. The lowest BCUT2D eigenvalue weighted by Gasteiger charge is -2.25. The van der Waals surface area contributed by atoms with E-state index in [-0.39, 0.29) is 18.7 Å². The Morgan fingerprint density at radius 1 is 0.878 bits per heavy atom. The van der Waals surface area contributed by atoms with Crippen molar-refractivity contribution in [2.24, 2.45) is 5.73 Å². The Labute approximate surface area is 236 Å². The van der Waals surface area contributed by atoms with Gasteiger partial charge in [0.25, 0.3) is 0 Å². The van der Waals surface area contributed by atoms with Crippen molar-refractivity contribution in [1.82, 2.24) is 26.3 Å². The van der Waals surface area contributed by atoms with Crippen LogP contribution >= 0.6 is 0 Å².